The zero-order chi connectivity index (χ0) is 25.1. The van der Waals surface area contributed by atoms with Crippen LogP contribution in [0.4, 0.5) is 0 Å². The fourth-order valence-corrected chi connectivity index (χ4v) is 3.32. The number of carboxylic acids is 1. The van der Waals surface area contributed by atoms with Crippen molar-refractivity contribution in [2.75, 3.05) is 0 Å². The van der Waals surface area contributed by atoms with E-state index in [4.69, 9.17) is 5.73 Å². The molecule has 33 heavy (non-hydrogen) atoms. The van der Waals surface area contributed by atoms with E-state index in [1.807, 2.05) is 58.0 Å². The SMILES string of the molecule is CC(C)CC(N)C(=O)NC(Cc1ccccc1)C(=O)NC(C)C(=O)NC(CC(C)C)C(=O)O. The summed E-state index contributed by atoms with van der Waals surface area (Å²) in [5.74, 6) is -2.47. The van der Waals surface area contributed by atoms with Crippen molar-refractivity contribution < 1.29 is 24.3 Å². The summed E-state index contributed by atoms with van der Waals surface area (Å²) in [5, 5.41) is 17.1. The first kappa shape index (κ1) is 28.1. The summed E-state index contributed by atoms with van der Waals surface area (Å²) in [5.41, 5.74) is 6.80. The monoisotopic (exact) mass is 462 g/mol. The molecule has 1 aromatic carbocycles. The summed E-state index contributed by atoms with van der Waals surface area (Å²) in [7, 11) is 0. The van der Waals surface area contributed by atoms with Gasteiger partial charge in [-0.05, 0) is 37.2 Å². The van der Waals surface area contributed by atoms with E-state index in [1.54, 1.807) is 0 Å². The maximum absolute atomic E-state index is 13.0. The van der Waals surface area contributed by atoms with Gasteiger partial charge < -0.3 is 26.8 Å². The first-order valence-electron chi connectivity index (χ1n) is 11.3. The maximum atomic E-state index is 13.0. The highest BCUT2D eigenvalue weighted by atomic mass is 16.4. The van der Waals surface area contributed by atoms with Gasteiger partial charge in [0.05, 0.1) is 6.04 Å². The quantitative estimate of drug-likeness (QED) is 0.297. The molecule has 0 aliphatic rings. The second-order valence-corrected chi connectivity index (χ2v) is 9.25. The van der Waals surface area contributed by atoms with Crippen molar-refractivity contribution in [1.82, 2.24) is 16.0 Å². The Hall–Kier alpha value is -2.94. The van der Waals surface area contributed by atoms with Crippen LogP contribution in [-0.2, 0) is 25.6 Å². The van der Waals surface area contributed by atoms with Gasteiger partial charge >= 0.3 is 5.97 Å². The summed E-state index contributed by atoms with van der Waals surface area (Å²) in [4.78, 5) is 49.5. The van der Waals surface area contributed by atoms with Crippen LogP contribution in [0, 0.1) is 11.8 Å². The minimum atomic E-state index is -1.14. The average molecular weight is 463 g/mol. The Balaban J connectivity index is 2.89. The van der Waals surface area contributed by atoms with Gasteiger partial charge in [0.25, 0.3) is 0 Å². The number of carbonyl (C=O) groups excluding carboxylic acids is 3. The van der Waals surface area contributed by atoms with Crippen LogP contribution in [0.3, 0.4) is 0 Å². The molecule has 4 unspecified atom stereocenters. The number of aliphatic carboxylic acids is 1. The molecule has 1 aromatic rings. The number of carbonyl (C=O) groups is 4. The lowest BCUT2D eigenvalue weighted by Crippen LogP contribution is -2.57. The smallest absolute Gasteiger partial charge is 0.326 e. The molecule has 0 aromatic heterocycles. The van der Waals surface area contributed by atoms with E-state index in [-0.39, 0.29) is 24.7 Å². The molecule has 0 aliphatic heterocycles. The lowest BCUT2D eigenvalue weighted by Gasteiger charge is -2.24. The van der Waals surface area contributed by atoms with Gasteiger partial charge in [0, 0.05) is 6.42 Å². The first-order chi connectivity index (χ1) is 15.4. The van der Waals surface area contributed by atoms with Crippen molar-refractivity contribution in [3.8, 4) is 0 Å². The van der Waals surface area contributed by atoms with Crippen molar-refractivity contribution in [2.45, 2.75) is 78.0 Å². The van der Waals surface area contributed by atoms with Gasteiger partial charge in [-0.15, -0.1) is 0 Å². The lowest BCUT2D eigenvalue weighted by molar-refractivity contribution is -0.142. The number of hydrogen-bond donors (Lipinski definition) is 5. The fourth-order valence-electron chi connectivity index (χ4n) is 3.32. The third kappa shape index (κ3) is 10.5. The standard InChI is InChI=1S/C24H38N4O5/c1-14(2)11-18(25)22(30)27-19(13-17-9-7-6-8-10-17)23(31)26-16(5)21(29)28-20(24(32)33)12-15(3)4/h6-10,14-16,18-20H,11-13,25H2,1-5H3,(H,26,31)(H,27,30)(H,28,29)(H,32,33). The molecular weight excluding hydrogens is 424 g/mol. The number of nitrogens with two attached hydrogens (primary N) is 1. The fraction of sp³-hybridized carbons (Fsp3) is 0.583. The molecule has 9 nitrogen and oxygen atoms in total. The van der Waals surface area contributed by atoms with Gasteiger partial charge in [-0.25, -0.2) is 4.79 Å². The number of rotatable bonds is 13. The van der Waals surface area contributed by atoms with Crippen molar-refractivity contribution >= 4 is 23.7 Å². The van der Waals surface area contributed by atoms with Crippen LogP contribution < -0.4 is 21.7 Å². The Morgan fingerprint density at radius 1 is 0.788 bits per heavy atom. The Morgan fingerprint density at radius 2 is 1.33 bits per heavy atom. The van der Waals surface area contributed by atoms with Crippen LogP contribution in [0.1, 0.15) is 53.0 Å². The number of nitrogens with one attached hydrogen (secondary N) is 3. The highest BCUT2D eigenvalue weighted by molar-refractivity contribution is 5.94. The van der Waals surface area contributed by atoms with Gasteiger partial charge in [-0.3, -0.25) is 14.4 Å². The molecule has 1 rings (SSSR count). The molecule has 184 valence electrons. The minimum Gasteiger partial charge on any atom is -0.480 e. The van der Waals surface area contributed by atoms with E-state index in [0.717, 1.165) is 5.56 Å². The van der Waals surface area contributed by atoms with Crippen LogP contribution in [0.2, 0.25) is 0 Å². The second-order valence-electron chi connectivity index (χ2n) is 9.25. The maximum Gasteiger partial charge on any atom is 0.326 e. The number of hydrogen-bond acceptors (Lipinski definition) is 5. The zero-order valence-electron chi connectivity index (χ0n) is 20.1. The molecule has 0 spiro atoms. The molecular formula is C24H38N4O5. The predicted octanol–water partition coefficient (Wildman–Crippen LogP) is 1.21. The zero-order valence-corrected chi connectivity index (χ0v) is 20.1. The van der Waals surface area contributed by atoms with Gasteiger partial charge in [-0.2, -0.15) is 0 Å². The molecule has 6 N–H and O–H groups in total. The van der Waals surface area contributed by atoms with E-state index >= 15 is 0 Å². The first-order valence-corrected chi connectivity index (χ1v) is 11.3. The molecule has 0 fully saturated rings. The Morgan fingerprint density at radius 3 is 1.85 bits per heavy atom. The van der Waals surface area contributed by atoms with Crippen LogP contribution in [0.25, 0.3) is 0 Å². The molecule has 0 saturated heterocycles. The van der Waals surface area contributed by atoms with Gasteiger partial charge in [0.15, 0.2) is 0 Å². The molecule has 0 radical (unpaired) electrons. The summed E-state index contributed by atoms with van der Waals surface area (Å²) in [6.45, 7) is 9.08. The van der Waals surface area contributed by atoms with Crippen LogP contribution in [0.5, 0.6) is 0 Å². The molecule has 0 aliphatic carbocycles. The molecule has 0 heterocycles. The average Bonchev–Trinajstić information content (AvgIpc) is 2.72. The minimum absolute atomic E-state index is 0.0665. The van der Waals surface area contributed by atoms with E-state index in [1.165, 1.54) is 6.92 Å². The molecule has 9 heteroatoms. The van der Waals surface area contributed by atoms with Crippen LogP contribution in [-0.4, -0.2) is 53.0 Å². The van der Waals surface area contributed by atoms with Gasteiger partial charge in [0.1, 0.15) is 18.1 Å². The highest BCUT2D eigenvalue weighted by Crippen LogP contribution is 2.08. The van der Waals surface area contributed by atoms with Crippen molar-refractivity contribution in [1.29, 1.82) is 0 Å². The van der Waals surface area contributed by atoms with Crippen molar-refractivity contribution in [3.63, 3.8) is 0 Å². The Labute approximate surface area is 195 Å². The van der Waals surface area contributed by atoms with Crippen molar-refractivity contribution in [2.24, 2.45) is 17.6 Å². The highest BCUT2D eigenvalue weighted by Gasteiger charge is 2.29. The van der Waals surface area contributed by atoms with E-state index in [9.17, 15) is 24.3 Å². The summed E-state index contributed by atoms with van der Waals surface area (Å²) in [6.07, 6.45) is 0.950. The normalized spacial score (nSPS) is 14.8. The van der Waals surface area contributed by atoms with E-state index < -0.39 is 47.9 Å². The van der Waals surface area contributed by atoms with Gasteiger partial charge in [0.2, 0.25) is 17.7 Å². The lowest BCUT2D eigenvalue weighted by atomic mass is 10.0. The largest absolute Gasteiger partial charge is 0.480 e. The third-order valence-electron chi connectivity index (χ3n) is 5.05. The summed E-state index contributed by atoms with van der Waals surface area (Å²) >= 11 is 0. The third-order valence-corrected chi connectivity index (χ3v) is 5.05. The molecule has 3 amide bonds. The Bertz CT molecular complexity index is 797. The molecule has 0 bridgehead atoms. The molecule has 0 saturated carbocycles. The van der Waals surface area contributed by atoms with E-state index in [0.29, 0.717) is 6.42 Å². The van der Waals surface area contributed by atoms with E-state index in [2.05, 4.69) is 16.0 Å². The van der Waals surface area contributed by atoms with Crippen molar-refractivity contribution in [3.05, 3.63) is 35.9 Å². The van der Waals surface area contributed by atoms with Crippen LogP contribution >= 0.6 is 0 Å². The van der Waals surface area contributed by atoms with Crippen LogP contribution in [0.15, 0.2) is 30.3 Å². The predicted molar refractivity (Wildman–Crippen MR) is 126 cm³/mol. The Kier molecular flexibility index (Phi) is 11.6. The topological polar surface area (TPSA) is 151 Å². The second kappa shape index (κ2) is 13.6. The summed E-state index contributed by atoms with van der Waals surface area (Å²) < 4.78 is 0. The number of amides is 3. The number of benzene rings is 1. The molecule has 4 atom stereocenters. The number of carboxylic acid groups (broad SMARTS) is 1. The van der Waals surface area contributed by atoms with Gasteiger partial charge in [-0.1, -0.05) is 58.0 Å². The summed E-state index contributed by atoms with van der Waals surface area (Å²) in [6, 6.07) is 5.42.